The summed E-state index contributed by atoms with van der Waals surface area (Å²) in [6, 6.07) is 11.0. The van der Waals surface area contributed by atoms with E-state index in [2.05, 4.69) is 30.3 Å². The lowest BCUT2D eigenvalue weighted by Gasteiger charge is -2.13. The van der Waals surface area contributed by atoms with Gasteiger partial charge >= 0.3 is 6.36 Å². The fraction of sp³-hybridized carbons (Fsp3) is 0.105. The van der Waals surface area contributed by atoms with Gasteiger partial charge in [-0.3, -0.25) is 9.59 Å². The third-order valence-electron chi connectivity index (χ3n) is 4.18. The normalized spacial score (nSPS) is 11.5. The van der Waals surface area contributed by atoms with Crippen LogP contribution < -0.4 is 15.6 Å². The van der Waals surface area contributed by atoms with Crippen molar-refractivity contribution in [3.05, 3.63) is 70.3 Å². The first-order valence-electron chi connectivity index (χ1n) is 8.80. The zero-order chi connectivity index (χ0) is 22.2. The van der Waals surface area contributed by atoms with Crippen LogP contribution in [0.15, 0.2) is 53.3 Å². The number of para-hydroxylation sites is 1. The number of alkyl halides is 3. The zero-order valence-corrected chi connectivity index (χ0v) is 15.8. The summed E-state index contributed by atoms with van der Waals surface area (Å²) in [7, 11) is 0. The van der Waals surface area contributed by atoms with E-state index in [1.807, 2.05) is 0 Å². The number of aromatic nitrogens is 5. The molecule has 9 nitrogen and oxygen atoms in total. The second-order valence-corrected chi connectivity index (χ2v) is 6.34. The van der Waals surface area contributed by atoms with Crippen molar-refractivity contribution in [2.75, 3.05) is 5.32 Å². The molecule has 12 heteroatoms. The fourth-order valence-corrected chi connectivity index (χ4v) is 2.93. The number of aryl methyl sites for hydroxylation is 1. The first-order chi connectivity index (χ1) is 14.7. The highest BCUT2D eigenvalue weighted by atomic mass is 19.4. The standard InChI is InChI=1S/C19H13F3N6O3/c1-10-17(18(30)24-14-7-9-16(29)26-25-14)28-15(23-10)8-6-12(27-28)11-4-2-3-5-13(11)31-19(20,21)22/h2-9H,1H3,(H,26,29)(H,24,25,30). The quantitative estimate of drug-likeness (QED) is 0.515. The lowest BCUT2D eigenvalue weighted by atomic mass is 10.1. The number of carbonyl (C=O) groups excluding carboxylic acids is 1. The summed E-state index contributed by atoms with van der Waals surface area (Å²) < 4.78 is 43.6. The zero-order valence-electron chi connectivity index (χ0n) is 15.8. The number of hydrogen-bond donors (Lipinski definition) is 2. The third kappa shape index (κ3) is 4.22. The first-order valence-corrected chi connectivity index (χ1v) is 8.80. The number of imidazole rings is 1. The lowest BCUT2D eigenvalue weighted by Crippen LogP contribution is -2.19. The maximum atomic E-state index is 12.8. The summed E-state index contributed by atoms with van der Waals surface area (Å²) in [5, 5.41) is 12.7. The average Bonchev–Trinajstić information content (AvgIpc) is 3.04. The van der Waals surface area contributed by atoms with Gasteiger partial charge in [0.1, 0.15) is 5.75 Å². The molecule has 0 radical (unpaired) electrons. The summed E-state index contributed by atoms with van der Waals surface area (Å²) in [5.74, 6) is -0.949. The fourth-order valence-electron chi connectivity index (χ4n) is 2.93. The van der Waals surface area contributed by atoms with Gasteiger partial charge in [-0.25, -0.2) is 14.6 Å². The van der Waals surface area contributed by atoms with E-state index >= 15 is 0 Å². The SMILES string of the molecule is Cc1nc2ccc(-c3ccccc3OC(F)(F)F)nn2c1C(=O)Nc1ccc(=O)[nH]n1. The number of aromatic amines is 1. The number of benzene rings is 1. The minimum Gasteiger partial charge on any atom is -0.405 e. The molecule has 0 spiro atoms. The van der Waals surface area contributed by atoms with E-state index in [0.29, 0.717) is 11.3 Å². The molecule has 0 fully saturated rings. The maximum Gasteiger partial charge on any atom is 0.573 e. The first kappa shape index (κ1) is 20.1. The molecule has 158 valence electrons. The van der Waals surface area contributed by atoms with Gasteiger partial charge in [-0.1, -0.05) is 12.1 Å². The van der Waals surface area contributed by atoms with Gasteiger partial charge in [0.25, 0.3) is 11.5 Å². The van der Waals surface area contributed by atoms with Gasteiger partial charge in [0.05, 0.1) is 11.4 Å². The molecule has 2 N–H and O–H groups in total. The maximum absolute atomic E-state index is 12.8. The van der Waals surface area contributed by atoms with Gasteiger partial charge in [0.15, 0.2) is 17.2 Å². The van der Waals surface area contributed by atoms with Crippen LogP contribution in [0.5, 0.6) is 5.75 Å². The Morgan fingerprint density at radius 3 is 2.61 bits per heavy atom. The Bertz CT molecular complexity index is 1330. The van der Waals surface area contributed by atoms with Crippen LogP contribution in [0.25, 0.3) is 16.9 Å². The summed E-state index contributed by atoms with van der Waals surface area (Å²) in [6.45, 7) is 1.59. The van der Waals surface area contributed by atoms with Crippen molar-refractivity contribution in [2.24, 2.45) is 0 Å². The van der Waals surface area contributed by atoms with Gasteiger partial charge in [-0.15, -0.1) is 13.2 Å². The van der Waals surface area contributed by atoms with Gasteiger partial charge in [-0.2, -0.15) is 10.2 Å². The number of H-pyrrole nitrogens is 1. The summed E-state index contributed by atoms with van der Waals surface area (Å²) in [4.78, 5) is 28.2. The van der Waals surface area contributed by atoms with Crippen molar-refractivity contribution >= 4 is 17.4 Å². The van der Waals surface area contributed by atoms with Crippen molar-refractivity contribution in [1.29, 1.82) is 0 Å². The van der Waals surface area contributed by atoms with E-state index in [0.717, 1.165) is 0 Å². The molecule has 31 heavy (non-hydrogen) atoms. The van der Waals surface area contributed by atoms with E-state index in [1.54, 1.807) is 13.0 Å². The Kier molecular flexibility index (Phi) is 4.89. The predicted octanol–water partition coefficient (Wildman–Crippen LogP) is 2.94. The molecule has 4 aromatic rings. The molecule has 0 saturated carbocycles. The van der Waals surface area contributed by atoms with E-state index in [1.165, 1.54) is 47.0 Å². The van der Waals surface area contributed by atoms with Crippen molar-refractivity contribution in [3.63, 3.8) is 0 Å². The second-order valence-electron chi connectivity index (χ2n) is 6.34. The number of nitrogens with one attached hydrogen (secondary N) is 2. The summed E-state index contributed by atoms with van der Waals surface area (Å²) in [6.07, 6.45) is -4.87. The van der Waals surface area contributed by atoms with Crippen molar-refractivity contribution in [2.45, 2.75) is 13.3 Å². The predicted molar refractivity (Wildman–Crippen MR) is 103 cm³/mol. The highest BCUT2D eigenvalue weighted by molar-refractivity contribution is 6.03. The number of carbonyl (C=O) groups is 1. The third-order valence-corrected chi connectivity index (χ3v) is 4.18. The van der Waals surface area contributed by atoms with E-state index in [-0.39, 0.29) is 22.8 Å². The monoisotopic (exact) mass is 430 g/mol. The molecule has 1 aromatic carbocycles. The molecule has 0 bridgehead atoms. The molecule has 3 aromatic heterocycles. The van der Waals surface area contributed by atoms with E-state index in [4.69, 9.17) is 0 Å². The number of anilines is 1. The topological polar surface area (TPSA) is 114 Å². The number of nitrogens with zero attached hydrogens (tertiary/aromatic N) is 4. The van der Waals surface area contributed by atoms with Crippen molar-refractivity contribution < 1.29 is 22.7 Å². The van der Waals surface area contributed by atoms with Gasteiger partial charge in [0.2, 0.25) is 0 Å². The Balaban J connectivity index is 1.76. The van der Waals surface area contributed by atoms with E-state index < -0.39 is 23.6 Å². The largest absolute Gasteiger partial charge is 0.573 e. The smallest absolute Gasteiger partial charge is 0.405 e. The molecular weight excluding hydrogens is 417 g/mol. The number of fused-ring (bicyclic) bond motifs is 1. The van der Waals surface area contributed by atoms with Gasteiger partial charge < -0.3 is 10.1 Å². The van der Waals surface area contributed by atoms with Crippen LogP contribution in [0.1, 0.15) is 16.2 Å². The number of halogens is 3. The minimum atomic E-state index is -4.87. The molecule has 1 amide bonds. The number of ether oxygens (including phenoxy) is 1. The molecule has 0 aliphatic heterocycles. The highest BCUT2D eigenvalue weighted by Crippen LogP contribution is 2.32. The van der Waals surface area contributed by atoms with Gasteiger partial charge in [-0.05, 0) is 37.3 Å². The van der Waals surface area contributed by atoms with Crippen LogP contribution in [-0.2, 0) is 0 Å². The Morgan fingerprint density at radius 1 is 1.13 bits per heavy atom. The van der Waals surface area contributed by atoms with Crippen molar-refractivity contribution in [3.8, 4) is 17.0 Å². The number of rotatable bonds is 4. The molecule has 0 saturated heterocycles. The highest BCUT2D eigenvalue weighted by Gasteiger charge is 2.32. The van der Waals surface area contributed by atoms with Crippen LogP contribution in [0.4, 0.5) is 19.0 Å². The molecular formula is C19H13F3N6O3. The molecule has 4 rings (SSSR count). The Hall–Kier alpha value is -4.22. The number of amides is 1. The van der Waals surface area contributed by atoms with Crippen LogP contribution in [-0.4, -0.2) is 37.1 Å². The minimum absolute atomic E-state index is 0.0547. The average molecular weight is 430 g/mol. The molecule has 3 heterocycles. The Morgan fingerprint density at radius 2 is 1.90 bits per heavy atom. The summed E-state index contributed by atoms with van der Waals surface area (Å²) in [5.41, 5.74) is 0.498. The molecule has 0 aliphatic rings. The van der Waals surface area contributed by atoms with Gasteiger partial charge in [0, 0.05) is 11.6 Å². The molecule has 0 aliphatic carbocycles. The summed E-state index contributed by atoms with van der Waals surface area (Å²) >= 11 is 0. The molecule has 0 unspecified atom stereocenters. The van der Waals surface area contributed by atoms with E-state index in [9.17, 15) is 22.8 Å². The van der Waals surface area contributed by atoms with Crippen LogP contribution in [0.2, 0.25) is 0 Å². The van der Waals surface area contributed by atoms with Crippen LogP contribution >= 0.6 is 0 Å². The van der Waals surface area contributed by atoms with Crippen LogP contribution in [0, 0.1) is 6.92 Å². The Labute approximate surface area is 171 Å². The lowest BCUT2D eigenvalue weighted by molar-refractivity contribution is -0.274. The second kappa shape index (κ2) is 7.55. The molecule has 0 atom stereocenters. The number of hydrogen-bond acceptors (Lipinski definition) is 6. The van der Waals surface area contributed by atoms with Crippen molar-refractivity contribution in [1.82, 2.24) is 24.8 Å². The van der Waals surface area contributed by atoms with Crippen LogP contribution in [0.3, 0.4) is 0 Å².